The molecule has 95 heavy (non-hydrogen) atoms. The number of carbonyl (C=O) groups excluding carboxylic acids is 2. The van der Waals surface area contributed by atoms with E-state index in [9.17, 15) is 19.0 Å². The number of nitrogens with two attached hydrogens (primary N) is 1. The number of hydrogen-bond donors (Lipinski definition) is 2. The average molecular weight is 1350 g/mol. The minimum absolute atomic E-state index is 0.0526. The van der Waals surface area contributed by atoms with Crippen molar-refractivity contribution in [1.29, 1.82) is 0 Å². The summed E-state index contributed by atoms with van der Waals surface area (Å²) in [5.74, 6) is -0.811. The van der Waals surface area contributed by atoms with E-state index in [-0.39, 0.29) is 38.6 Å². The first-order valence-corrected chi connectivity index (χ1v) is 41.9. The van der Waals surface area contributed by atoms with Gasteiger partial charge in [0.15, 0.2) is 6.10 Å². The van der Waals surface area contributed by atoms with Crippen molar-refractivity contribution in [3.63, 3.8) is 0 Å². The van der Waals surface area contributed by atoms with Crippen LogP contribution < -0.4 is 5.73 Å². The largest absolute Gasteiger partial charge is 0.472 e. The molecule has 0 rings (SSSR count). The van der Waals surface area contributed by atoms with E-state index >= 15 is 0 Å². The monoisotopic (exact) mass is 1350 g/mol. The van der Waals surface area contributed by atoms with Gasteiger partial charge in [-0.05, 0) is 103 Å². The number of unbranched alkanes of at least 4 members (excludes halogenated alkanes) is 45. The Balaban J connectivity index is 3.79. The highest BCUT2D eigenvalue weighted by molar-refractivity contribution is 7.47. The van der Waals surface area contributed by atoms with Gasteiger partial charge in [0, 0.05) is 19.4 Å². The van der Waals surface area contributed by atoms with Gasteiger partial charge in [0.25, 0.3) is 0 Å². The molecule has 0 radical (unpaired) electrons. The summed E-state index contributed by atoms with van der Waals surface area (Å²) in [5.41, 5.74) is 5.42. The van der Waals surface area contributed by atoms with Crippen molar-refractivity contribution in [1.82, 2.24) is 0 Å². The second-order valence-electron chi connectivity index (χ2n) is 26.9. The zero-order valence-electron chi connectivity index (χ0n) is 62.1. The summed E-state index contributed by atoms with van der Waals surface area (Å²) in [6, 6.07) is 0. The lowest BCUT2D eigenvalue weighted by Crippen LogP contribution is -2.29. The van der Waals surface area contributed by atoms with Gasteiger partial charge in [-0.2, -0.15) is 0 Å². The molecule has 0 aliphatic rings. The van der Waals surface area contributed by atoms with Crippen molar-refractivity contribution < 1.29 is 37.6 Å². The summed E-state index contributed by atoms with van der Waals surface area (Å²) < 4.78 is 33.3. The molecule has 0 amide bonds. The number of ether oxygens (including phenoxy) is 2. The van der Waals surface area contributed by atoms with Crippen molar-refractivity contribution in [3.05, 3.63) is 109 Å². The number of allylic oxidation sites excluding steroid dienone is 18. The molecule has 2 unspecified atom stereocenters. The first-order valence-electron chi connectivity index (χ1n) is 40.4. The minimum atomic E-state index is -4.40. The van der Waals surface area contributed by atoms with Gasteiger partial charge >= 0.3 is 19.8 Å². The number of phosphoric ester groups is 1. The van der Waals surface area contributed by atoms with Gasteiger partial charge in [-0.3, -0.25) is 18.6 Å². The van der Waals surface area contributed by atoms with Crippen LogP contribution in [-0.2, 0) is 32.7 Å². The highest BCUT2D eigenvalue weighted by atomic mass is 31.2. The number of phosphoric acid groups is 1. The summed E-state index contributed by atoms with van der Waals surface area (Å²) in [7, 11) is -4.40. The Hall–Kier alpha value is -3.33. The van der Waals surface area contributed by atoms with Crippen LogP contribution in [0.1, 0.15) is 386 Å². The fraction of sp³-hybridized carbons (Fsp3) is 0.765. The molecule has 0 aromatic rings. The molecule has 0 aliphatic carbocycles. The van der Waals surface area contributed by atoms with Crippen molar-refractivity contribution in [3.8, 4) is 0 Å². The highest BCUT2D eigenvalue weighted by Gasteiger charge is 2.26. The number of hydrogen-bond acceptors (Lipinski definition) is 8. The van der Waals surface area contributed by atoms with Gasteiger partial charge in [-0.15, -0.1) is 0 Å². The van der Waals surface area contributed by atoms with Crippen LogP contribution in [0.2, 0.25) is 0 Å². The Kier molecular flexibility index (Phi) is 76.9. The van der Waals surface area contributed by atoms with Crippen LogP contribution in [0, 0.1) is 0 Å². The van der Waals surface area contributed by atoms with E-state index in [1.165, 1.54) is 263 Å². The maximum Gasteiger partial charge on any atom is 0.472 e. The van der Waals surface area contributed by atoms with Crippen LogP contribution in [0.3, 0.4) is 0 Å². The number of carbonyl (C=O) groups is 2. The molecule has 0 fully saturated rings. The van der Waals surface area contributed by atoms with Crippen molar-refractivity contribution in [2.75, 3.05) is 26.4 Å². The van der Waals surface area contributed by atoms with E-state index in [0.29, 0.717) is 6.42 Å². The molecular formula is C85H152NO8P. The smallest absolute Gasteiger partial charge is 0.462 e. The topological polar surface area (TPSA) is 134 Å². The van der Waals surface area contributed by atoms with E-state index < -0.39 is 26.5 Å². The molecule has 3 N–H and O–H groups in total. The Morgan fingerprint density at radius 1 is 0.326 bits per heavy atom. The maximum absolute atomic E-state index is 12.8. The van der Waals surface area contributed by atoms with Crippen LogP contribution >= 0.6 is 7.82 Å². The summed E-state index contributed by atoms with van der Waals surface area (Å²) in [6.45, 7) is 3.67. The molecule has 0 saturated heterocycles. The third kappa shape index (κ3) is 79.5. The number of esters is 2. The quantitative estimate of drug-likeness (QED) is 0.0264. The van der Waals surface area contributed by atoms with Gasteiger partial charge in [-0.25, -0.2) is 4.57 Å². The molecule has 550 valence electrons. The molecular weight excluding hydrogens is 1190 g/mol. The number of rotatable bonds is 76. The van der Waals surface area contributed by atoms with E-state index in [2.05, 4.69) is 123 Å². The van der Waals surface area contributed by atoms with Gasteiger partial charge in [0.1, 0.15) is 6.61 Å². The third-order valence-electron chi connectivity index (χ3n) is 17.6. The minimum Gasteiger partial charge on any atom is -0.462 e. The van der Waals surface area contributed by atoms with Crippen LogP contribution in [-0.4, -0.2) is 49.3 Å². The second-order valence-corrected chi connectivity index (χ2v) is 28.4. The normalized spacial score (nSPS) is 13.4. The lowest BCUT2D eigenvalue weighted by atomic mass is 10.0. The molecule has 9 nitrogen and oxygen atoms in total. The van der Waals surface area contributed by atoms with Crippen LogP contribution in [0.5, 0.6) is 0 Å². The predicted molar refractivity (Wildman–Crippen MR) is 413 cm³/mol. The zero-order valence-corrected chi connectivity index (χ0v) is 63.0. The predicted octanol–water partition coefficient (Wildman–Crippen LogP) is 27.2. The summed E-state index contributed by atoms with van der Waals surface area (Å²) in [6.07, 6.45) is 111. The molecule has 0 bridgehead atoms. The first-order chi connectivity index (χ1) is 46.8. The average Bonchev–Trinajstić information content (AvgIpc) is 2.64. The lowest BCUT2D eigenvalue weighted by molar-refractivity contribution is -0.161. The van der Waals surface area contributed by atoms with Crippen LogP contribution in [0.15, 0.2) is 109 Å². The van der Waals surface area contributed by atoms with Crippen molar-refractivity contribution in [2.45, 2.75) is 392 Å². The van der Waals surface area contributed by atoms with Crippen LogP contribution in [0.25, 0.3) is 0 Å². The summed E-state index contributed by atoms with van der Waals surface area (Å²) in [4.78, 5) is 35.5. The molecule has 0 heterocycles. The van der Waals surface area contributed by atoms with Gasteiger partial charge in [0.2, 0.25) is 0 Å². The van der Waals surface area contributed by atoms with E-state index in [0.717, 1.165) is 89.9 Å². The third-order valence-corrected chi connectivity index (χ3v) is 18.6. The summed E-state index contributed by atoms with van der Waals surface area (Å²) in [5, 5.41) is 0. The summed E-state index contributed by atoms with van der Waals surface area (Å²) >= 11 is 0. The van der Waals surface area contributed by atoms with Gasteiger partial charge < -0.3 is 20.1 Å². The molecule has 0 aliphatic heterocycles. The molecule has 10 heteroatoms. The standard InChI is InChI=1S/C85H152NO8P/c1-3-5-7-9-11-13-15-17-19-21-23-25-27-29-31-33-35-37-39-41-43-45-47-49-51-53-55-57-59-61-63-65-67-69-71-73-75-77-84(87)91-81-83(82-93-95(89,90)92-80-79-86)94-85(88)78-76-74-72-70-68-66-64-62-60-58-56-54-52-50-48-46-44-42-40-38-36-34-32-30-28-26-24-22-20-18-16-14-12-10-8-6-4-2/h6,8,12,14-15,17-18,20-21,23-24,26-27,29-30,32,36,38,83H,3-5,7,9-11,13,16,19,22,25,28,31,33-35,37,39-82,86H2,1-2H3,(H,89,90)/b8-6-,14-12-,17-15-,20-18-,23-21-,26-24-,29-27-,32-30-,38-36-. The SMILES string of the molecule is CC/C=C\C/C=C\C/C=C\C/C=C\C/C=C\C/C=C\CCCCCCCCCCCCCCCCCCCCC(=O)OC(COC(=O)CCCCCCCCCCCCCCCCCCCCCCCC/C=C\C/C=C\C/C=C\CCCCCCC)COP(=O)(O)OCCN. The lowest BCUT2D eigenvalue weighted by Gasteiger charge is -2.19. The van der Waals surface area contributed by atoms with E-state index in [1.807, 2.05) is 0 Å². The Bertz CT molecular complexity index is 1930. The highest BCUT2D eigenvalue weighted by Crippen LogP contribution is 2.43. The zero-order chi connectivity index (χ0) is 68.6. The van der Waals surface area contributed by atoms with E-state index in [1.54, 1.807) is 0 Å². The molecule has 0 aromatic carbocycles. The Morgan fingerprint density at radius 3 is 0.863 bits per heavy atom. The fourth-order valence-corrected chi connectivity index (χ4v) is 12.5. The van der Waals surface area contributed by atoms with Gasteiger partial charge in [-0.1, -0.05) is 380 Å². The van der Waals surface area contributed by atoms with Crippen molar-refractivity contribution >= 4 is 19.8 Å². The molecule has 0 saturated carbocycles. The molecule has 0 aromatic heterocycles. The fourth-order valence-electron chi connectivity index (χ4n) is 11.7. The Labute approximate surface area is 588 Å². The van der Waals surface area contributed by atoms with Crippen molar-refractivity contribution in [2.24, 2.45) is 5.73 Å². The first kappa shape index (κ1) is 91.7. The maximum atomic E-state index is 12.8. The molecule has 0 spiro atoms. The van der Waals surface area contributed by atoms with E-state index in [4.69, 9.17) is 24.3 Å². The van der Waals surface area contributed by atoms with Crippen LogP contribution in [0.4, 0.5) is 0 Å². The Morgan fingerprint density at radius 2 is 0.579 bits per heavy atom. The second kappa shape index (κ2) is 79.7. The molecule has 2 atom stereocenters. The van der Waals surface area contributed by atoms with Gasteiger partial charge in [0.05, 0.1) is 13.2 Å².